The Morgan fingerprint density at radius 3 is 2.48 bits per heavy atom. The second-order valence-electron chi connectivity index (χ2n) is 5.37. The van der Waals surface area contributed by atoms with Gasteiger partial charge in [0.15, 0.2) is 0 Å². The fourth-order valence-corrected chi connectivity index (χ4v) is 2.73. The van der Waals surface area contributed by atoms with Crippen LogP contribution in [-0.2, 0) is 11.2 Å². The minimum absolute atomic E-state index is 0.137. The van der Waals surface area contributed by atoms with E-state index in [1.165, 1.54) is 12.1 Å². The van der Waals surface area contributed by atoms with Crippen LogP contribution in [0.4, 0.5) is 10.1 Å². The van der Waals surface area contributed by atoms with Gasteiger partial charge in [0.05, 0.1) is 6.04 Å². The molecule has 2 N–H and O–H groups in total. The number of fused-ring (bicyclic) bond motifs is 1. The van der Waals surface area contributed by atoms with Crippen molar-refractivity contribution >= 4 is 11.6 Å². The summed E-state index contributed by atoms with van der Waals surface area (Å²) in [4.78, 5) is 13.4. The van der Waals surface area contributed by atoms with Crippen LogP contribution in [0.1, 0.15) is 29.2 Å². The molecule has 108 valence electrons. The summed E-state index contributed by atoms with van der Waals surface area (Å²) in [6.07, 6.45) is 1.27. The third-order valence-electron chi connectivity index (χ3n) is 4.04. The molecule has 1 unspecified atom stereocenters. The Morgan fingerprint density at radius 2 is 1.76 bits per heavy atom. The van der Waals surface area contributed by atoms with Gasteiger partial charge < -0.3 is 10.6 Å². The van der Waals surface area contributed by atoms with Crippen molar-refractivity contribution in [3.05, 3.63) is 65.0 Å². The average molecular weight is 284 g/mol. The second kappa shape index (κ2) is 5.30. The summed E-state index contributed by atoms with van der Waals surface area (Å²) in [5.41, 5.74) is 10.2. The van der Waals surface area contributed by atoms with E-state index in [2.05, 4.69) is 0 Å². The molecule has 2 aromatic rings. The summed E-state index contributed by atoms with van der Waals surface area (Å²) < 4.78 is 13.0. The Labute approximate surface area is 123 Å². The first-order valence-corrected chi connectivity index (χ1v) is 6.96. The lowest BCUT2D eigenvalue weighted by Crippen LogP contribution is -2.31. The maximum atomic E-state index is 13.0. The van der Waals surface area contributed by atoms with E-state index in [9.17, 15) is 9.18 Å². The van der Waals surface area contributed by atoms with Crippen molar-refractivity contribution in [3.8, 4) is 0 Å². The molecule has 1 aliphatic rings. The van der Waals surface area contributed by atoms with Crippen LogP contribution in [0.15, 0.2) is 42.5 Å². The molecule has 0 fully saturated rings. The van der Waals surface area contributed by atoms with Crippen LogP contribution in [0.2, 0.25) is 0 Å². The molecule has 4 heteroatoms. The molecule has 1 aliphatic heterocycles. The fraction of sp³-hybridized carbons (Fsp3) is 0.235. The first kappa shape index (κ1) is 13.8. The van der Waals surface area contributed by atoms with Crippen LogP contribution < -0.4 is 10.6 Å². The van der Waals surface area contributed by atoms with Crippen LogP contribution in [0.5, 0.6) is 0 Å². The number of anilines is 1. The van der Waals surface area contributed by atoms with Gasteiger partial charge in [0.2, 0.25) is 5.91 Å². The van der Waals surface area contributed by atoms with Gasteiger partial charge in [0.1, 0.15) is 5.82 Å². The Bertz CT molecular complexity index is 682. The average Bonchev–Trinajstić information content (AvgIpc) is 2.51. The van der Waals surface area contributed by atoms with Crippen LogP contribution in [0, 0.1) is 5.82 Å². The van der Waals surface area contributed by atoms with Gasteiger partial charge >= 0.3 is 0 Å². The van der Waals surface area contributed by atoms with Crippen molar-refractivity contribution in [2.45, 2.75) is 18.9 Å². The molecule has 3 rings (SSSR count). The lowest BCUT2D eigenvalue weighted by Gasteiger charge is -2.27. The lowest BCUT2D eigenvalue weighted by atomic mass is 9.94. The van der Waals surface area contributed by atoms with Crippen LogP contribution in [0.25, 0.3) is 0 Å². The van der Waals surface area contributed by atoms with Gasteiger partial charge in [-0.05, 0) is 41.3 Å². The van der Waals surface area contributed by atoms with E-state index in [-0.39, 0.29) is 17.8 Å². The summed E-state index contributed by atoms with van der Waals surface area (Å²) in [6, 6.07) is 11.9. The molecule has 0 radical (unpaired) electrons. The number of carbonyl (C=O) groups excluding carboxylic acids is 1. The molecule has 0 aromatic heterocycles. The van der Waals surface area contributed by atoms with Gasteiger partial charge in [0, 0.05) is 19.2 Å². The fourth-order valence-electron chi connectivity index (χ4n) is 2.73. The molecule has 1 amide bonds. The summed E-state index contributed by atoms with van der Waals surface area (Å²) in [5.74, 6) is -0.130. The number of aryl methyl sites for hydroxylation is 1. The van der Waals surface area contributed by atoms with E-state index in [1.54, 1.807) is 24.1 Å². The van der Waals surface area contributed by atoms with E-state index in [1.807, 2.05) is 18.2 Å². The van der Waals surface area contributed by atoms with Gasteiger partial charge in [-0.1, -0.05) is 24.3 Å². The third-order valence-corrected chi connectivity index (χ3v) is 4.04. The van der Waals surface area contributed by atoms with E-state index in [4.69, 9.17) is 5.73 Å². The van der Waals surface area contributed by atoms with Crippen molar-refractivity contribution in [1.29, 1.82) is 0 Å². The molecule has 2 aromatic carbocycles. The first-order chi connectivity index (χ1) is 10.1. The monoisotopic (exact) mass is 284 g/mol. The smallest absolute Gasteiger partial charge is 0.227 e. The Hall–Kier alpha value is -2.20. The number of nitrogens with zero attached hydrogens (tertiary/aromatic N) is 1. The van der Waals surface area contributed by atoms with Crippen molar-refractivity contribution in [3.63, 3.8) is 0 Å². The SMILES string of the molecule is CN1C(=O)CCc2cc(C(N)c3ccc(F)cc3)ccc21. The lowest BCUT2D eigenvalue weighted by molar-refractivity contribution is -0.118. The first-order valence-electron chi connectivity index (χ1n) is 6.96. The molecule has 0 saturated heterocycles. The summed E-state index contributed by atoms with van der Waals surface area (Å²) in [5, 5.41) is 0. The van der Waals surface area contributed by atoms with Crippen LogP contribution in [0.3, 0.4) is 0 Å². The number of amides is 1. The number of carbonyl (C=O) groups is 1. The number of halogens is 1. The quantitative estimate of drug-likeness (QED) is 0.921. The highest BCUT2D eigenvalue weighted by Gasteiger charge is 2.21. The van der Waals surface area contributed by atoms with Gasteiger partial charge in [-0.3, -0.25) is 4.79 Å². The third kappa shape index (κ3) is 2.54. The van der Waals surface area contributed by atoms with Crippen molar-refractivity contribution in [2.24, 2.45) is 5.73 Å². The van der Waals surface area contributed by atoms with E-state index >= 15 is 0 Å². The minimum atomic E-state index is -0.293. The van der Waals surface area contributed by atoms with E-state index in [0.29, 0.717) is 6.42 Å². The van der Waals surface area contributed by atoms with Crippen LogP contribution in [-0.4, -0.2) is 13.0 Å². The molecule has 0 saturated carbocycles. The highest BCUT2D eigenvalue weighted by Crippen LogP contribution is 2.30. The summed E-state index contributed by atoms with van der Waals surface area (Å²) >= 11 is 0. The number of hydrogen-bond acceptors (Lipinski definition) is 2. The topological polar surface area (TPSA) is 46.3 Å². The molecule has 1 atom stereocenters. The van der Waals surface area contributed by atoms with E-state index in [0.717, 1.165) is 28.8 Å². The van der Waals surface area contributed by atoms with Gasteiger partial charge in [-0.15, -0.1) is 0 Å². The summed E-state index contributed by atoms with van der Waals surface area (Å²) in [6.45, 7) is 0. The zero-order chi connectivity index (χ0) is 15.0. The Kier molecular flexibility index (Phi) is 3.47. The molecular weight excluding hydrogens is 267 g/mol. The number of hydrogen-bond donors (Lipinski definition) is 1. The highest BCUT2D eigenvalue weighted by atomic mass is 19.1. The highest BCUT2D eigenvalue weighted by molar-refractivity contribution is 5.95. The van der Waals surface area contributed by atoms with Crippen molar-refractivity contribution < 1.29 is 9.18 Å². The maximum absolute atomic E-state index is 13.0. The number of nitrogens with two attached hydrogens (primary N) is 1. The molecule has 1 heterocycles. The zero-order valence-electron chi connectivity index (χ0n) is 11.8. The van der Waals surface area contributed by atoms with Gasteiger partial charge in [-0.25, -0.2) is 4.39 Å². The van der Waals surface area contributed by atoms with Crippen molar-refractivity contribution in [2.75, 3.05) is 11.9 Å². The molecule has 0 bridgehead atoms. The number of rotatable bonds is 2. The molecular formula is C17H17FN2O. The molecule has 0 spiro atoms. The summed E-state index contributed by atoms with van der Waals surface area (Å²) in [7, 11) is 1.79. The molecule has 3 nitrogen and oxygen atoms in total. The maximum Gasteiger partial charge on any atom is 0.227 e. The predicted octanol–water partition coefficient (Wildman–Crippen LogP) is 2.78. The zero-order valence-corrected chi connectivity index (χ0v) is 11.8. The van der Waals surface area contributed by atoms with Gasteiger partial charge in [-0.2, -0.15) is 0 Å². The molecule has 0 aliphatic carbocycles. The minimum Gasteiger partial charge on any atom is -0.320 e. The normalized spacial score (nSPS) is 15.8. The standard InChI is InChI=1S/C17H17FN2O/c1-20-15-8-4-13(10-12(15)5-9-16(20)21)17(19)11-2-6-14(18)7-3-11/h2-4,6-8,10,17H,5,9,19H2,1H3. The Balaban J connectivity index is 1.93. The molecule has 21 heavy (non-hydrogen) atoms. The van der Waals surface area contributed by atoms with E-state index < -0.39 is 0 Å². The second-order valence-corrected chi connectivity index (χ2v) is 5.37. The van der Waals surface area contributed by atoms with Gasteiger partial charge in [0.25, 0.3) is 0 Å². The Morgan fingerprint density at radius 1 is 1.10 bits per heavy atom. The predicted molar refractivity (Wildman–Crippen MR) is 80.6 cm³/mol. The van der Waals surface area contributed by atoms with Crippen LogP contribution >= 0.6 is 0 Å². The number of benzene rings is 2. The largest absolute Gasteiger partial charge is 0.320 e. The van der Waals surface area contributed by atoms with Crippen molar-refractivity contribution in [1.82, 2.24) is 0 Å².